The number of rotatable bonds is 3. The van der Waals surface area contributed by atoms with Gasteiger partial charge < -0.3 is 5.32 Å². The molecule has 0 saturated heterocycles. The molecule has 0 aliphatic heterocycles. The molecule has 0 unspecified atom stereocenters. The number of hydrogen-bond acceptors (Lipinski definition) is 3. The highest BCUT2D eigenvalue weighted by Crippen LogP contribution is 2.22. The van der Waals surface area contributed by atoms with Crippen LogP contribution in [0.5, 0.6) is 0 Å². The van der Waals surface area contributed by atoms with Crippen LogP contribution in [-0.4, -0.2) is 12.0 Å². The molecule has 0 bridgehead atoms. The summed E-state index contributed by atoms with van der Waals surface area (Å²) in [7, 11) is 1.91. The molecule has 2 nitrogen and oxygen atoms in total. The number of aromatic nitrogens is 1. The van der Waals surface area contributed by atoms with Gasteiger partial charge in [-0.1, -0.05) is 13.3 Å². The first-order valence-corrected chi connectivity index (χ1v) is 4.73. The van der Waals surface area contributed by atoms with Gasteiger partial charge in [-0.25, -0.2) is 4.98 Å². The second kappa shape index (κ2) is 3.72. The minimum Gasteiger partial charge on any atom is -0.365 e. The number of anilines is 1. The van der Waals surface area contributed by atoms with Crippen LogP contribution in [0.25, 0.3) is 0 Å². The zero-order valence-electron chi connectivity index (χ0n) is 7.27. The third kappa shape index (κ3) is 1.93. The first kappa shape index (κ1) is 8.53. The Morgan fingerprint density at radius 2 is 2.27 bits per heavy atom. The van der Waals surface area contributed by atoms with Gasteiger partial charge in [0.1, 0.15) is 0 Å². The summed E-state index contributed by atoms with van der Waals surface area (Å²) in [4.78, 5) is 5.77. The lowest BCUT2D eigenvalue weighted by Crippen LogP contribution is -1.88. The second-order valence-corrected chi connectivity index (χ2v) is 3.73. The topological polar surface area (TPSA) is 24.9 Å². The maximum atomic E-state index is 4.43. The number of nitrogens with one attached hydrogen (secondary N) is 1. The Bertz CT molecular complexity index is 230. The van der Waals surface area contributed by atoms with Crippen molar-refractivity contribution in [1.29, 1.82) is 0 Å². The average molecular weight is 170 g/mol. The third-order valence-corrected chi connectivity index (χ3v) is 2.62. The Morgan fingerprint density at radius 1 is 1.55 bits per heavy atom. The molecule has 1 aromatic heterocycles. The van der Waals surface area contributed by atoms with Crippen molar-refractivity contribution in [1.82, 2.24) is 4.98 Å². The average Bonchev–Trinajstić information content (AvgIpc) is 2.33. The van der Waals surface area contributed by atoms with E-state index in [1.54, 1.807) is 11.3 Å². The molecule has 1 rings (SSSR count). The van der Waals surface area contributed by atoms with Crippen LogP contribution in [0.1, 0.15) is 23.9 Å². The molecular formula is C8H14N2S. The quantitative estimate of drug-likeness (QED) is 0.753. The Labute approximate surface area is 71.7 Å². The van der Waals surface area contributed by atoms with Gasteiger partial charge in [-0.05, 0) is 13.3 Å². The maximum Gasteiger partial charge on any atom is 0.182 e. The van der Waals surface area contributed by atoms with E-state index < -0.39 is 0 Å². The van der Waals surface area contributed by atoms with E-state index in [9.17, 15) is 0 Å². The van der Waals surface area contributed by atoms with Gasteiger partial charge >= 0.3 is 0 Å². The van der Waals surface area contributed by atoms with Crippen LogP contribution in [-0.2, 0) is 6.42 Å². The lowest BCUT2D eigenvalue weighted by Gasteiger charge is -1.91. The lowest BCUT2D eigenvalue weighted by molar-refractivity contribution is 0.885. The normalized spacial score (nSPS) is 10.1. The highest BCUT2D eigenvalue weighted by atomic mass is 32.1. The van der Waals surface area contributed by atoms with Crippen LogP contribution in [0.3, 0.4) is 0 Å². The summed E-state index contributed by atoms with van der Waals surface area (Å²) >= 11 is 1.73. The Morgan fingerprint density at radius 3 is 2.73 bits per heavy atom. The molecule has 62 valence electrons. The maximum absolute atomic E-state index is 4.43. The van der Waals surface area contributed by atoms with Crippen LogP contribution in [0.15, 0.2) is 0 Å². The van der Waals surface area contributed by atoms with Gasteiger partial charge in [0.2, 0.25) is 0 Å². The first-order valence-electron chi connectivity index (χ1n) is 3.92. The van der Waals surface area contributed by atoms with E-state index in [4.69, 9.17) is 0 Å². The highest BCUT2D eigenvalue weighted by molar-refractivity contribution is 7.15. The minimum atomic E-state index is 1.03. The van der Waals surface area contributed by atoms with Crippen molar-refractivity contribution in [3.8, 4) is 0 Å². The highest BCUT2D eigenvalue weighted by Gasteiger charge is 2.03. The first-order chi connectivity index (χ1) is 5.27. The smallest absolute Gasteiger partial charge is 0.182 e. The summed E-state index contributed by atoms with van der Waals surface area (Å²) in [5.74, 6) is 0. The number of nitrogens with zero attached hydrogens (tertiary/aromatic N) is 1. The van der Waals surface area contributed by atoms with Gasteiger partial charge in [0.05, 0.1) is 5.69 Å². The van der Waals surface area contributed by atoms with E-state index in [-0.39, 0.29) is 0 Å². The molecule has 0 aliphatic rings. The summed E-state index contributed by atoms with van der Waals surface area (Å²) in [6.45, 7) is 4.31. The van der Waals surface area contributed by atoms with Crippen molar-refractivity contribution in [2.24, 2.45) is 0 Å². The Balaban J connectivity index is 2.79. The molecule has 0 aliphatic carbocycles. The molecule has 1 N–H and O–H groups in total. The van der Waals surface area contributed by atoms with Gasteiger partial charge in [0.25, 0.3) is 0 Å². The van der Waals surface area contributed by atoms with Crippen molar-refractivity contribution in [2.45, 2.75) is 26.7 Å². The van der Waals surface area contributed by atoms with Crippen molar-refractivity contribution >= 4 is 16.5 Å². The van der Waals surface area contributed by atoms with Crippen LogP contribution in [0, 0.1) is 6.92 Å². The predicted molar refractivity (Wildman–Crippen MR) is 50.4 cm³/mol. The summed E-state index contributed by atoms with van der Waals surface area (Å²) < 4.78 is 0. The molecule has 11 heavy (non-hydrogen) atoms. The molecule has 1 heterocycles. The predicted octanol–water partition coefficient (Wildman–Crippen LogP) is 2.45. The van der Waals surface area contributed by atoms with E-state index in [1.165, 1.54) is 17.0 Å². The van der Waals surface area contributed by atoms with Crippen LogP contribution in [0.2, 0.25) is 0 Å². The number of aryl methyl sites for hydroxylation is 2. The van der Waals surface area contributed by atoms with Gasteiger partial charge in [-0.15, -0.1) is 11.3 Å². The summed E-state index contributed by atoms with van der Waals surface area (Å²) in [5, 5.41) is 4.09. The van der Waals surface area contributed by atoms with Crippen LogP contribution in [0.4, 0.5) is 5.13 Å². The Kier molecular flexibility index (Phi) is 2.88. The fourth-order valence-corrected chi connectivity index (χ4v) is 1.82. The van der Waals surface area contributed by atoms with E-state index in [0.717, 1.165) is 11.6 Å². The number of hydrogen-bond donors (Lipinski definition) is 1. The molecule has 0 amide bonds. The minimum absolute atomic E-state index is 1.03. The summed E-state index contributed by atoms with van der Waals surface area (Å²) in [6, 6.07) is 0. The van der Waals surface area contributed by atoms with Gasteiger partial charge in [0, 0.05) is 11.9 Å². The van der Waals surface area contributed by atoms with Crippen LogP contribution < -0.4 is 5.32 Å². The molecule has 0 spiro atoms. The largest absolute Gasteiger partial charge is 0.365 e. The molecule has 0 saturated carbocycles. The van der Waals surface area contributed by atoms with Crippen molar-refractivity contribution in [3.05, 3.63) is 10.6 Å². The van der Waals surface area contributed by atoms with Crippen LogP contribution >= 0.6 is 11.3 Å². The molecule has 0 radical (unpaired) electrons. The SMILES string of the molecule is CCCc1nc(NC)sc1C. The van der Waals surface area contributed by atoms with E-state index in [2.05, 4.69) is 24.1 Å². The molecule has 0 fully saturated rings. The fourth-order valence-electron chi connectivity index (χ4n) is 1.00. The fraction of sp³-hybridized carbons (Fsp3) is 0.625. The standard InChI is InChI=1S/C8H14N2S/c1-4-5-7-6(2)11-8(9-3)10-7/h4-5H2,1-3H3,(H,9,10). The molecule has 1 aromatic rings. The molecular weight excluding hydrogens is 156 g/mol. The van der Waals surface area contributed by atoms with Crippen molar-refractivity contribution in [2.75, 3.05) is 12.4 Å². The second-order valence-electron chi connectivity index (χ2n) is 2.52. The zero-order valence-corrected chi connectivity index (χ0v) is 8.09. The summed E-state index contributed by atoms with van der Waals surface area (Å²) in [5.41, 5.74) is 1.25. The zero-order chi connectivity index (χ0) is 8.27. The third-order valence-electron chi connectivity index (χ3n) is 1.59. The van der Waals surface area contributed by atoms with E-state index >= 15 is 0 Å². The van der Waals surface area contributed by atoms with Crippen molar-refractivity contribution in [3.63, 3.8) is 0 Å². The van der Waals surface area contributed by atoms with Gasteiger partial charge in [-0.3, -0.25) is 0 Å². The molecule has 0 atom stereocenters. The lowest BCUT2D eigenvalue weighted by atomic mass is 10.2. The Hall–Kier alpha value is -0.570. The van der Waals surface area contributed by atoms with Gasteiger partial charge in [-0.2, -0.15) is 0 Å². The van der Waals surface area contributed by atoms with Crippen molar-refractivity contribution < 1.29 is 0 Å². The molecule has 0 aromatic carbocycles. The van der Waals surface area contributed by atoms with Gasteiger partial charge in [0.15, 0.2) is 5.13 Å². The van der Waals surface area contributed by atoms with E-state index in [1.807, 2.05) is 7.05 Å². The molecule has 3 heteroatoms. The monoisotopic (exact) mass is 170 g/mol. The van der Waals surface area contributed by atoms with E-state index in [0.29, 0.717) is 0 Å². The number of thiazole rings is 1. The summed E-state index contributed by atoms with van der Waals surface area (Å²) in [6.07, 6.45) is 2.28.